The van der Waals surface area contributed by atoms with E-state index in [-0.39, 0.29) is 5.91 Å². The number of rotatable bonds is 1. The van der Waals surface area contributed by atoms with Gasteiger partial charge in [-0.3, -0.25) is 4.79 Å². The van der Waals surface area contributed by atoms with Crippen LogP contribution in [0, 0.1) is 6.92 Å². The first-order chi connectivity index (χ1) is 9.15. The Hall–Kier alpha value is -1.81. The van der Waals surface area contributed by atoms with E-state index >= 15 is 0 Å². The highest BCUT2D eigenvalue weighted by Gasteiger charge is 2.23. The molecule has 4 heteroatoms. The van der Waals surface area contributed by atoms with Crippen molar-refractivity contribution in [1.82, 2.24) is 4.90 Å². The van der Waals surface area contributed by atoms with Gasteiger partial charge in [0, 0.05) is 29.2 Å². The van der Waals surface area contributed by atoms with Gasteiger partial charge >= 0.3 is 0 Å². The van der Waals surface area contributed by atoms with E-state index in [4.69, 9.17) is 5.73 Å². The van der Waals surface area contributed by atoms with E-state index in [9.17, 15) is 4.79 Å². The zero-order chi connectivity index (χ0) is 13.4. The van der Waals surface area contributed by atoms with Crippen LogP contribution < -0.4 is 5.73 Å². The largest absolute Gasteiger partial charge is 0.399 e. The lowest BCUT2D eigenvalue weighted by molar-refractivity contribution is 0.0735. The SMILES string of the molecule is Cc1ccc(N)cc1C(=O)N1CCc2sccc2C1. The molecule has 1 aromatic heterocycles. The molecule has 1 amide bonds. The van der Waals surface area contributed by atoms with Crippen LogP contribution in [-0.2, 0) is 13.0 Å². The molecule has 19 heavy (non-hydrogen) atoms. The molecule has 1 aliphatic heterocycles. The number of carbonyl (C=O) groups is 1. The summed E-state index contributed by atoms with van der Waals surface area (Å²) >= 11 is 1.78. The lowest BCUT2D eigenvalue weighted by Crippen LogP contribution is -2.35. The molecule has 0 atom stereocenters. The summed E-state index contributed by atoms with van der Waals surface area (Å²) in [7, 11) is 0. The van der Waals surface area contributed by atoms with Gasteiger partial charge in [-0.2, -0.15) is 0 Å². The number of amides is 1. The monoisotopic (exact) mass is 272 g/mol. The van der Waals surface area contributed by atoms with E-state index in [1.165, 1.54) is 10.4 Å². The Morgan fingerprint density at radius 2 is 2.21 bits per heavy atom. The highest BCUT2D eigenvalue weighted by atomic mass is 32.1. The van der Waals surface area contributed by atoms with E-state index in [1.807, 2.05) is 24.0 Å². The van der Waals surface area contributed by atoms with Crippen LogP contribution in [0.4, 0.5) is 5.69 Å². The van der Waals surface area contributed by atoms with Crippen LogP contribution in [-0.4, -0.2) is 17.4 Å². The van der Waals surface area contributed by atoms with E-state index < -0.39 is 0 Å². The predicted octanol–water partition coefficient (Wildman–Crippen LogP) is 2.84. The van der Waals surface area contributed by atoms with E-state index in [0.717, 1.165) is 24.1 Å². The Labute approximate surface area is 116 Å². The molecule has 2 N–H and O–H groups in total. The Morgan fingerprint density at radius 1 is 1.37 bits per heavy atom. The number of benzene rings is 1. The van der Waals surface area contributed by atoms with Crippen LogP contribution in [0.25, 0.3) is 0 Å². The Bertz CT molecular complexity index is 633. The van der Waals surface area contributed by atoms with Crippen molar-refractivity contribution in [2.45, 2.75) is 19.9 Å². The lowest BCUT2D eigenvalue weighted by atomic mass is 10.0. The normalized spacial score (nSPS) is 14.3. The Balaban J connectivity index is 1.87. The van der Waals surface area contributed by atoms with Crippen LogP contribution in [0.3, 0.4) is 0 Å². The quantitative estimate of drug-likeness (QED) is 0.811. The number of nitrogen functional groups attached to an aromatic ring is 1. The summed E-state index contributed by atoms with van der Waals surface area (Å²) in [5.74, 6) is 0.0849. The Kier molecular flexibility index (Phi) is 3.03. The molecule has 0 aliphatic carbocycles. The first kappa shape index (κ1) is 12.2. The minimum atomic E-state index is 0.0849. The third-order valence-electron chi connectivity index (χ3n) is 3.59. The molecule has 98 valence electrons. The second kappa shape index (κ2) is 4.70. The first-order valence-electron chi connectivity index (χ1n) is 6.36. The number of nitrogens with two attached hydrogens (primary N) is 1. The van der Waals surface area contributed by atoms with Gasteiger partial charge in [-0.1, -0.05) is 6.07 Å². The van der Waals surface area contributed by atoms with Crippen molar-refractivity contribution in [3.63, 3.8) is 0 Å². The second-order valence-electron chi connectivity index (χ2n) is 4.92. The maximum Gasteiger partial charge on any atom is 0.254 e. The highest BCUT2D eigenvalue weighted by molar-refractivity contribution is 7.10. The van der Waals surface area contributed by atoms with Crippen molar-refractivity contribution in [3.8, 4) is 0 Å². The third-order valence-corrected chi connectivity index (χ3v) is 4.61. The molecule has 3 nitrogen and oxygen atoms in total. The van der Waals surface area contributed by atoms with Crippen molar-refractivity contribution in [2.75, 3.05) is 12.3 Å². The fourth-order valence-electron chi connectivity index (χ4n) is 2.46. The maximum absolute atomic E-state index is 12.6. The third kappa shape index (κ3) is 2.24. The van der Waals surface area contributed by atoms with Gasteiger partial charge < -0.3 is 10.6 Å². The van der Waals surface area contributed by atoms with Crippen molar-refractivity contribution in [1.29, 1.82) is 0 Å². The molecule has 3 rings (SSSR count). The number of carbonyl (C=O) groups excluding carboxylic acids is 1. The van der Waals surface area contributed by atoms with Gasteiger partial charge in [0.05, 0.1) is 0 Å². The van der Waals surface area contributed by atoms with Crippen molar-refractivity contribution in [3.05, 3.63) is 51.2 Å². The molecule has 0 radical (unpaired) electrons. The summed E-state index contributed by atoms with van der Waals surface area (Å²) < 4.78 is 0. The number of hydrogen-bond donors (Lipinski definition) is 1. The van der Waals surface area contributed by atoms with Crippen LogP contribution in [0.15, 0.2) is 29.6 Å². The summed E-state index contributed by atoms with van der Waals surface area (Å²) in [4.78, 5) is 15.9. The van der Waals surface area contributed by atoms with Crippen LogP contribution in [0.2, 0.25) is 0 Å². The number of fused-ring (bicyclic) bond motifs is 1. The maximum atomic E-state index is 12.6. The van der Waals surface area contributed by atoms with Gasteiger partial charge in [0.25, 0.3) is 5.91 Å². The van der Waals surface area contributed by atoms with E-state index in [1.54, 1.807) is 17.4 Å². The first-order valence-corrected chi connectivity index (χ1v) is 7.24. The molecule has 0 unspecified atom stereocenters. The molecule has 0 bridgehead atoms. The molecule has 1 aromatic carbocycles. The minimum Gasteiger partial charge on any atom is -0.399 e. The molecule has 0 saturated heterocycles. The Morgan fingerprint density at radius 3 is 3.05 bits per heavy atom. The van der Waals surface area contributed by atoms with Crippen LogP contribution in [0.5, 0.6) is 0 Å². The van der Waals surface area contributed by atoms with Gasteiger partial charge in [0.15, 0.2) is 0 Å². The fourth-order valence-corrected chi connectivity index (χ4v) is 3.35. The zero-order valence-electron chi connectivity index (χ0n) is 10.8. The van der Waals surface area contributed by atoms with Gasteiger partial charge in [0.2, 0.25) is 0 Å². The van der Waals surface area contributed by atoms with E-state index in [2.05, 4.69) is 11.4 Å². The average Bonchev–Trinajstić information content (AvgIpc) is 2.88. The van der Waals surface area contributed by atoms with Crippen LogP contribution >= 0.6 is 11.3 Å². The van der Waals surface area contributed by atoms with Crippen molar-refractivity contribution >= 4 is 22.9 Å². The standard InChI is InChI=1S/C15H16N2OS/c1-10-2-3-12(16)8-13(10)15(18)17-6-4-14-11(9-17)5-7-19-14/h2-3,5,7-8H,4,6,9,16H2,1H3. The molecule has 0 saturated carbocycles. The number of anilines is 1. The predicted molar refractivity (Wildman–Crippen MR) is 78.4 cm³/mol. The minimum absolute atomic E-state index is 0.0849. The van der Waals surface area contributed by atoms with Gasteiger partial charge in [-0.25, -0.2) is 0 Å². The summed E-state index contributed by atoms with van der Waals surface area (Å²) in [6, 6.07) is 7.63. The number of nitrogens with zero attached hydrogens (tertiary/aromatic N) is 1. The van der Waals surface area contributed by atoms with Crippen LogP contribution in [0.1, 0.15) is 26.4 Å². The smallest absolute Gasteiger partial charge is 0.254 e. The van der Waals surface area contributed by atoms with Gasteiger partial charge in [-0.05, 0) is 48.1 Å². The molecule has 2 heterocycles. The molecule has 0 fully saturated rings. The van der Waals surface area contributed by atoms with Gasteiger partial charge in [0.1, 0.15) is 0 Å². The lowest BCUT2D eigenvalue weighted by Gasteiger charge is -2.27. The highest BCUT2D eigenvalue weighted by Crippen LogP contribution is 2.26. The fraction of sp³-hybridized carbons (Fsp3) is 0.267. The summed E-state index contributed by atoms with van der Waals surface area (Å²) in [5, 5.41) is 2.10. The topological polar surface area (TPSA) is 46.3 Å². The summed E-state index contributed by atoms with van der Waals surface area (Å²) in [6.45, 7) is 3.46. The number of thiophene rings is 1. The molecule has 2 aromatic rings. The molecular formula is C15H16N2OS. The number of hydrogen-bond acceptors (Lipinski definition) is 3. The summed E-state index contributed by atoms with van der Waals surface area (Å²) in [5.41, 5.74) is 9.41. The van der Waals surface area contributed by atoms with Gasteiger partial charge in [-0.15, -0.1) is 11.3 Å². The van der Waals surface area contributed by atoms with E-state index in [0.29, 0.717) is 12.2 Å². The number of aryl methyl sites for hydroxylation is 1. The zero-order valence-corrected chi connectivity index (χ0v) is 11.7. The summed E-state index contributed by atoms with van der Waals surface area (Å²) in [6.07, 6.45) is 0.958. The molecular weight excluding hydrogens is 256 g/mol. The second-order valence-corrected chi connectivity index (χ2v) is 5.92. The molecule has 0 spiro atoms. The van der Waals surface area contributed by atoms with Crippen molar-refractivity contribution < 1.29 is 4.79 Å². The van der Waals surface area contributed by atoms with Crippen molar-refractivity contribution in [2.24, 2.45) is 0 Å². The molecule has 1 aliphatic rings. The average molecular weight is 272 g/mol.